The number of ketones is 1. The normalized spacial score (nSPS) is 13.0. The van der Waals surface area contributed by atoms with Crippen LogP contribution in [0.2, 0.25) is 0 Å². The minimum absolute atomic E-state index is 0. The van der Waals surface area contributed by atoms with Crippen LogP contribution in [-0.4, -0.2) is 36.3 Å². The van der Waals surface area contributed by atoms with Crippen LogP contribution >= 0.6 is 17.0 Å². The summed E-state index contributed by atoms with van der Waals surface area (Å²) in [5, 5.41) is 8.46. The Bertz CT molecular complexity index is 986. The number of carbonyl (C=O) groups is 1. The molecule has 2 aromatic carbocycles. The van der Waals surface area contributed by atoms with Crippen molar-refractivity contribution in [3.63, 3.8) is 0 Å². The van der Waals surface area contributed by atoms with Crippen molar-refractivity contribution in [2.24, 2.45) is 0 Å². The minimum atomic E-state index is -0.604. The predicted molar refractivity (Wildman–Crippen MR) is 126 cm³/mol. The number of benzene rings is 2. The van der Waals surface area contributed by atoms with Crippen LogP contribution in [0.25, 0.3) is 0 Å². The van der Waals surface area contributed by atoms with Crippen LogP contribution in [0.1, 0.15) is 61.7 Å². The van der Waals surface area contributed by atoms with E-state index < -0.39 is 5.82 Å². The number of fused-ring (bicyclic) bond motifs is 1. The first kappa shape index (κ1) is 24.9. The first-order valence-corrected chi connectivity index (χ1v) is 10.3. The zero-order chi connectivity index (χ0) is 22.1. The average Bonchev–Trinajstić information content (AvgIpc) is 3.00. The van der Waals surface area contributed by atoms with Gasteiger partial charge in [0, 0.05) is 12.1 Å². The molecule has 2 aromatic rings. The molecule has 0 spiro atoms. The van der Waals surface area contributed by atoms with Gasteiger partial charge in [-0.05, 0) is 42.5 Å². The molecule has 0 aromatic heterocycles. The first-order valence-electron chi connectivity index (χ1n) is 10.3. The van der Waals surface area contributed by atoms with Crippen LogP contribution in [-0.2, 0) is 12.0 Å². The summed E-state index contributed by atoms with van der Waals surface area (Å²) in [6.07, 6.45) is 0. The molecular formula is C24H30BrFN2O3. The second-order valence-corrected chi connectivity index (χ2v) is 8.38. The van der Waals surface area contributed by atoms with Gasteiger partial charge in [-0.3, -0.25) is 10.2 Å². The summed E-state index contributed by atoms with van der Waals surface area (Å²) in [6.45, 7) is 10.8. The lowest BCUT2D eigenvalue weighted by molar-refractivity contribution is 0.0962. The van der Waals surface area contributed by atoms with Crippen molar-refractivity contribution >= 4 is 28.6 Å². The summed E-state index contributed by atoms with van der Waals surface area (Å²) in [4.78, 5) is 14.5. The Morgan fingerprint density at radius 1 is 1.16 bits per heavy atom. The second kappa shape index (κ2) is 9.81. The highest BCUT2D eigenvalue weighted by Crippen LogP contribution is 2.39. The van der Waals surface area contributed by atoms with Crippen molar-refractivity contribution in [2.75, 3.05) is 19.8 Å². The van der Waals surface area contributed by atoms with Gasteiger partial charge in [-0.1, -0.05) is 39.0 Å². The number of nitrogens with one attached hydrogen (secondary N) is 1. The lowest BCUT2D eigenvalue weighted by atomic mass is 9.86. The van der Waals surface area contributed by atoms with E-state index in [-0.39, 0.29) is 65.0 Å². The molecule has 0 radical (unpaired) electrons. The monoisotopic (exact) mass is 492 g/mol. The number of hydrogen-bond acceptors (Lipinski definition) is 4. The number of amidine groups is 1. The summed E-state index contributed by atoms with van der Waals surface area (Å²) in [6, 6.07) is 9.28. The van der Waals surface area contributed by atoms with E-state index in [0.29, 0.717) is 23.5 Å². The van der Waals surface area contributed by atoms with Crippen molar-refractivity contribution in [3.8, 4) is 11.5 Å². The highest BCUT2D eigenvalue weighted by atomic mass is 79.9. The Morgan fingerprint density at radius 2 is 1.84 bits per heavy atom. The minimum Gasteiger partial charge on any atom is -0.490 e. The van der Waals surface area contributed by atoms with Crippen LogP contribution in [0.15, 0.2) is 30.3 Å². The quantitative estimate of drug-likeness (QED) is 0.516. The standard InChI is InChI=1S/C24H29FN2O3.BrH/c1-6-29-19-12-16-13-27(23(26)20(16)21(25)22(19)30-7-2)14-18(28)15-9-8-10-17(11-15)24(3,4)5;/h8-12,26H,6-7,13-14H2,1-5H3;1H. The molecule has 1 N–H and O–H groups in total. The summed E-state index contributed by atoms with van der Waals surface area (Å²) < 4.78 is 26.1. The Hall–Kier alpha value is -2.41. The fraction of sp³-hybridized carbons (Fsp3) is 0.417. The molecular weight excluding hydrogens is 463 g/mol. The summed E-state index contributed by atoms with van der Waals surface area (Å²) in [5.41, 5.74) is 2.40. The number of nitrogens with zero attached hydrogens (tertiary/aromatic N) is 1. The molecule has 1 aliphatic heterocycles. The molecule has 0 atom stereocenters. The average molecular weight is 493 g/mol. The molecule has 168 valence electrons. The summed E-state index contributed by atoms with van der Waals surface area (Å²) in [7, 11) is 0. The molecule has 3 rings (SSSR count). The van der Waals surface area contributed by atoms with Gasteiger partial charge in [-0.2, -0.15) is 0 Å². The van der Waals surface area contributed by atoms with E-state index in [1.807, 2.05) is 25.1 Å². The van der Waals surface area contributed by atoms with E-state index in [2.05, 4.69) is 20.8 Å². The Balaban J connectivity index is 0.00000341. The molecule has 5 nitrogen and oxygen atoms in total. The first-order chi connectivity index (χ1) is 14.2. The topological polar surface area (TPSA) is 62.6 Å². The molecule has 0 aliphatic carbocycles. The van der Waals surface area contributed by atoms with E-state index in [9.17, 15) is 4.79 Å². The maximum Gasteiger partial charge on any atom is 0.197 e. The number of halogens is 2. The number of rotatable bonds is 7. The largest absolute Gasteiger partial charge is 0.490 e. The predicted octanol–water partition coefficient (Wildman–Crippen LogP) is 5.52. The van der Waals surface area contributed by atoms with E-state index in [1.54, 1.807) is 24.0 Å². The third kappa shape index (κ3) is 5.09. The van der Waals surface area contributed by atoms with Gasteiger partial charge in [0.2, 0.25) is 0 Å². The molecule has 1 aliphatic rings. The molecule has 0 bridgehead atoms. The van der Waals surface area contributed by atoms with E-state index in [1.165, 1.54) is 0 Å². The lowest BCUT2D eigenvalue weighted by Gasteiger charge is -2.21. The van der Waals surface area contributed by atoms with Crippen LogP contribution in [0.5, 0.6) is 11.5 Å². The van der Waals surface area contributed by atoms with Gasteiger partial charge >= 0.3 is 0 Å². The lowest BCUT2D eigenvalue weighted by Crippen LogP contribution is -2.30. The Labute approximate surface area is 193 Å². The third-order valence-corrected chi connectivity index (χ3v) is 5.16. The van der Waals surface area contributed by atoms with Crippen molar-refractivity contribution in [1.82, 2.24) is 4.90 Å². The number of Topliss-reactive ketones (excluding diaryl/α,β-unsaturated/α-hetero) is 1. The zero-order valence-corrected chi connectivity index (χ0v) is 20.4. The van der Waals surface area contributed by atoms with E-state index in [0.717, 1.165) is 5.56 Å². The van der Waals surface area contributed by atoms with Gasteiger partial charge in [0.05, 0.1) is 25.3 Å². The third-order valence-electron chi connectivity index (χ3n) is 5.16. The number of hydrogen-bond donors (Lipinski definition) is 1. The fourth-order valence-corrected chi connectivity index (χ4v) is 3.58. The molecule has 0 saturated carbocycles. The smallest absolute Gasteiger partial charge is 0.197 e. The van der Waals surface area contributed by atoms with Gasteiger partial charge in [0.1, 0.15) is 5.84 Å². The summed E-state index contributed by atoms with van der Waals surface area (Å²) >= 11 is 0. The highest BCUT2D eigenvalue weighted by Gasteiger charge is 2.33. The Kier molecular flexibility index (Phi) is 7.87. The molecule has 1 heterocycles. The van der Waals surface area contributed by atoms with Crippen molar-refractivity contribution in [3.05, 3.63) is 58.4 Å². The van der Waals surface area contributed by atoms with Crippen LogP contribution in [0.3, 0.4) is 0 Å². The Morgan fingerprint density at radius 3 is 2.45 bits per heavy atom. The maximum absolute atomic E-state index is 15.2. The van der Waals surface area contributed by atoms with Gasteiger partial charge in [-0.15, -0.1) is 17.0 Å². The molecule has 0 saturated heterocycles. The second-order valence-electron chi connectivity index (χ2n) is 8.38. The van der Waals surface area contributed by atoms with Crippen molar-refractivity contribution in [2.45, 2.75) is 46.6 Å². The van der Waals surface area contributed by atoms with Gasteiger partial charge in [-0.25, -0.2) is 4.39 Å². The van der Waals surface area contributed by atoms with Crippen LogP contribution in [0.4, 0.5) is 4.39 Å². The molecule has 0 unspecified atom stereocenters. The summed E-state index contributed by atoms with van der Waals surface area (Å²) in [5.74, 6) is -0.364. The van der Waals surface area contributed by atoms with Gasteiger partial charge < -0.3 is 14.4 Å². The molecule has 7 heteroatoms. The van der Waals surface area contributed by atoms with Crippen molar-refractivity contribution in [1.29, 1.82) is 5.41 Å². The van der Waals surface area contributed by atoms with Gasteiger partial charge in [0.25, 0.3) is 0 Å². The zero-order valence-electron chi connectivity index (χ0n) is 18.7. The van der Waals surface area contributed by atoms with E-state index >= 15 is 4.39 Å². The molecule has 0 fully saturated rings. The fourth-order valence-electron chi connectivity index (χ4n) is 3.58. The number of ether oxygens (including phenoxy) is 2. The van der Waals surface area contributed by atoms with Crippen LogP contribution < -0.4 is 9.47 Å². The molecule has 0 amide bonds. The molecule has 31 heavy (non-hydrogen) atoms. The van der Waals surface area contributed by atoms with Gasteiger partial charge in [0.15, 0.2) is 23.1 Å². The van der Waals surface area contributed by atoms with Crippen LogP contribution in [0, 0.1) is 11.2 Å². The van der Waals surface area contributed by atoms with E-state index in [4.69, 9.17) is 14.9 Å². The maximum atomic E-state index is 15.2. The van der Waals surface area contributed by atoms with Crippen molar-refractivity contribution < 1.29 is 18.7 Å². The number of carbonyl (C=O) groups excluding carboxylic acids is 1. The SMILES string of the molecule is Br.CCOc1cc2c(c(F)c1OCC)C(=N)N(CC(=O)c1cccc(C(C)(C)C)c1)C2. The highest BCUT2D eigenvalue weighted by molar-refractivity contribution is 8.93.